The number of carbonyl (C=O) groups excluding carboxylic acids is 1. The standard InChI is InChI=1S/C16H15N3O3S2/c1-22-16(20)19-15-17-13-8-7-11(9-14(13)18-15)23-10-24(21)12-5-3-2-4-6-12/h2-9H,10H2,1H3,(H2,17,18,19,20). The second-order valence-electron chi connectivity index (χ2n) is 4.80. The predicted octanol–water partition coefficient (Wildman–Crippen LogP) is 3.60. The molecule has 0 radical (unpaired) electrons. The van der Waals surface area contributed by atoms with Crippen LogP contribution in [0.5, 0.6) is 0 Å². The van der Waals surface area contributed by atoms with E-state index >= 15 is 0 Å². The van der Waals surface area contributed by atoms with E-state index in [4.69, 9.17) is 0 Å². The van der Waals surface area contributed by atoms with Crippen LogP contribution in [-0.2, 0) is 15.5 Å². The molecule has 0 aliphatic heterocycles. The first-order valence-electron chi connectivity index (χ1n) is 7.06. The minimum Gasteiger partial charge on any atom is -0.453 e. The third-order valence-electron chi connectivity index (χ3n) is 3.20. The van der Waals surface area contributed by atoms with Gasteiger partial charge in [-0.2, -0.15) is 0 Å². The predicted molar refractivity (Wildman–Crippen MR) is 95.7 cm³/mol. The molecule has 0 spiro atoms. The van der Waals surface area contributed by atoms with Crippen LogP contribution in [0, 0.1) is 0 Å². The molecule has 1 amide bonds. The second-order valence-corrected chi connectivity index (χ2v) is 7.67. The number of H-pyrrole nitrogens is 1. The third kappa shape index (κ3) is 3.95. The molecule has 6 nitrogen and oxygen atoms in total. The van der Waals surface area contributed by atoms with Crippen LogP contribution in [0.1, 0.15) is 0 Å². The summed E-state index contributed by atoms with van der Waals surface area (Å²) in [5.41, 5.74) is 1.52. The molecule has 0 aliphatic rings. The number of aromatic nitrogens is 2. The van der Waals surface area contributed by atoms with Crippen molar-refractivity contribution in [3.05, 3.63) is 48.5 Å². The molecule has 124 valence electrons. The van der Waals surface area contributed by atoms with Gasteiger partial charge in [0.05, 0.1) is 34.0 Å². The smallest absolute Gasteiger partial charge is 0.413 e. The van der Waals surface area contributed by atoms with Crippen LogP contribution in [0.4, 0.5) is 10.7 Å². The van der Waals surface area contributed by atoms with E-state index in [0.29, 0.717) is 11.0 Å². The number of nitrogens with zero attached hydrogens (tertiary/aromatic N) is 1. The molecule has 24 heavy (non-hydrogen) atoms. The zero-order valence-electron chi connectivity index (χ0n) is 12.8. The SMILES string of the molecule is COC(=O)Nc1nc2ccc(SCS(=O)c3ccccc3)cc2[nH]1. The van der Waals surface area contributed by atoms with E-state index in [1.165, 1.54) is 18.9 Å². The van der Waals surface area contributed by atoms with Gasteiger partial charge in [-0.1, -0.05) is 18.2 Å². The Morgan fingerprint density at radius 2 is 2.08 bits per heavy atom. The summed E-state index contributed by atoms with van der Waals surface area (Å²) in [6.45, 7) is 0. The average Bonchev–Trinajstić information content (AvgIpc) is 3.01. The quantitative estimate of drug-likeness (QED) is 0.678. The van der Waals surface area contributed by atoms with Gasteiger partial charge in [-0.25, -0.2) is 9.78 Å². The van der Waals surface area contributed by atoms with Gasteiger partial charge in [-0.05, 0) is 30.3 Å². The van der Waals surface area contributed by atoms with E-state index in [9.17, 15) is 9.00 Å². The van der Waals surface area contributed by atoms with Crippen LogP contribution in [-0.4, -0.2) is 32.5 Å². The topological polar surface area (TPSA) is 84.1 Å². The van der Waals surface area contributed by atoms with E-state index in [-0.39, 0.29) is 0 Å². The van der Waals surface area contributed by atoms with Crippen LogP contribution in [0.15, 0.2) is 58.3 Å². The number of imidazole rings is 1. The highest BCUT2D eigenvalue weighted by molar-refractivity contribution is 8.10. The Kier molecular flexibility index (Phi) is 5.17. The maximum absolute atomic E-state index is 12.2. The number of methoxy groups -OCH3 is 1. The van der Waals surface area contributed by atoms with Crippen molar-refractivity contribution < 1.29 is 13.7 Å². The van der Waals surface area contributed by atoms with Gasteiger partial charge in [0, 0.05) is 9.79 Å². The molecule has 0 saturated heterocycles. The van der Waals surface area contributed by atoms with Crippen molar-refractivity contribution in [1.29, 1.82) is 0 Å². The van der Waals surface area contributed by atoms with Crippen molar-refractivity contribution in [1.82, 2.24) is 9.97 Å². The fraction of sp³-hybridized carbons (Fsp3) is 0.125. The van der Waals surface area contributed by atoms with E-state index in [0.717, 1.165) is 20.8 Å². The first-order chi connectivity index (χ1) is 11.7. The Bertz CT molecular complexity index is 881. The Labute approximate surface area is 145 Å². The lowest BCUT2D eigenvalue weighted by Gasteiger charge is -2.02. The van der Waals surface area contributed by atoms with Crippen molar-refractivity contribution in [2.75, 3.05) is 17.5 Å². The fourth-order valence-electron chi connectivity index (χ4n) is 2.05. The molecular weight excluding hydrogens is 346 g/mol. The molecule has 0 fully saturated rings. The highest BCUT2D eigenvalue weighted by atomic mass is 32.2. The lowest BCUT2D eigenvalue weighted by molar-refractivity contribution is 0.186. The van der Waals surface area contributed by atoms with Gasteiger partial charge >= 0.3 is 6.09 Å². The number of benzene rings is 2. The molecule has 8 heteroatoms. The number of anilines is 1. The highest BCUT2D eigenvalue weighted by Crippen LogP contribution is 2.25. The van der Waals surface area contributed by atoms with Crippen LogP contribution < -0.4 is 5.32 Å². The molecule has 2 N–H and O–H groups in total. The Morgan fingerprint density at radius 3 is 2.83 bits per heavy atom. The summed E-state index contributed by atoms with van der Waals surface area (Å²) in [5.74, 6) is 0.326. The number of hydrogen-bond donors (Lipinski definition) is 2. The highest BCUT2D eigenvalue weighted by Gasteiger charge is 2.09. The molecule has 0 aliphatic carbocycles. The molecule has 1 heterocycles. The van der Waals surface area contributed by atoms with E-state index in [1.54, 1.807) is 0 Å². The zero-order valence-corrected chi connectivity index (χ0v) is 14.4. The normalized spacial score (nSPS) is 12.0. The van der Waals surface area contributed by atoms with Gasteiger partial charge in [0.25, 0.3) is 0 Å². The van der Waals surface area contributed by atoms with E-state index in [1.807, 2.05) is 48.5 Å². The Balaban J connectivity index is 1.69. The zero-order chi connectivity index (χ0) is 16.9. The van der Waals surface area contributed by atoms with Crippen LogP contribution in [0.25, 0.3) is 11.0 Å². The molecule has 1 unspecified atom stereocenters. The number of amides is 1. The molecule has 2 aromatic carbocycles. The summed E-state index contributed by atoms with van der Waals surface area (Å²) >= 11 is 1.51. The second kappa shape index (κ2) is 7.50. The van der Waals surface area contributed by atoms with Gasteiger partial charge in [0.15, 0.2) is 0 Å². The number of ether oxygens (including phenoxy) is 1. The summed E-state index contributed by atoms with van der Waals surface area (Å²) < 4.78 is 16.8. The molecule has 0 bridgehead atoms. The first kappa shape index (κ1) is 16.5. The maximum Gasteiger partial charge on any atom is 0.413 e. The Hall–Kier alpha value is -2.32. The van der Waals surface area contributed by atoms with Crippen molar-refractivity contribution in [2.24, 2.45) is 0 Å². The lowest BCUT2D eigenvalue weighted by Crippen LogP contribution is -2.11. The largest absolute Gasteiger partial charge is 0.453 e. The van der Waals surface area contributed by atoms with Gasteiger partial charge in [0.2, 0.25) is 5.95 Å². The molecular formula is C16H15N3O3S2. The fourth-order valence-corrected chi connectivity index (χ4v) is 4.39. The van der Waals surface area contributed by atoms with E-state index < -0.39 is 16.9 Å². The maximum atomic E-state index is 12.2. The summed E-state index contributed by atoms with van der Waals surface area (Å²) in [6.07, 6.45) is -0.582. The minimum absolute atomic E-state index is 0.326. The number of rotatable bonds is 5. The lowest BCUT2D eigenvalue weighted by atomic mass is 10.3. The summed E-state index contributed by atoms with van der Waals surface area (Å²) in [5, 5.41) is 2.96. The molecule has 0 saturated carbocycles. The van der Waals surface area contributed by atoms with Gasteiger partial charge in [-0.15, -0.1) is 11.8 Å². The number of nitrogens with one attached hydrogen (secondary N) is 2. The van der Waals surface area contributed by atoms with Crippen molar-refractivity contribution in [3.63, 3.8) is 0 Å². The number of hydrogen-bond acceptors (Lipinski definition) is 5. The third-order valence-corrected chi connectivity index (χ3v) is 5.91. The molecule has 1 atom stereocenters. The number of fused-ring (bicyclic) bond motifs is 1. The molecule has 1 aromatic heterocycles. The average molecular weight is 361 g/mol. The van der Waals surface area contributed by atoms with Crippen LogP contribution >= 0.6 is 11.8 Å². The van der Waals surface area contributed by atoms with Crippen molar-refractivity contribution in [3.8, 4) is 0 Å². The number of carbonyl (C=O) groups is 1. The van der Waals surface area contributed by atoms with Crippen LogP contribution in [0.3, 0.4) is 0 Å². The van der Waals surface area contributed by atoms with Gasteiger partial charge < -0.3 is 9.72 Å². The van der Waals surface area contributed by atoms with Gasteiger partial charge in [0.1, 0.15) is 0 Å². The Morgan fingerprint density at radius 1 is 1.29 bits per heavy atom. The molecule has 3 aromatic rings. The van der Waals surface area contributed by atoms with Crippen molar-refractivity contribution in [2.45, 2.75) is 9.79 Å². The number of thioether (sulfide) groups is 1. The summed E-state index contributed by atoms with van der Waals surface area (Å²) in [6, 6.07) is 15.1. The first-order valence-corrected chi connectivity index (χ1v) is 9.37. The summed E-state index contributed by atoms with van der Waals surface area (Å²) in [4.78, 5) is 20.3. The van der Waals surface area contributed by atoms with Crippen molar-refractivity contribution >= 4 is 45.6 Å². The van der Waals surface area contributed by atoms with Gasteiger partial charge in [-0.3, -0.25) is 9.53 Å². The van der Waals surface area contributed by atoms with Crippen LogP contribution in [0.2, 0.25) is 0 Å². The monoisotopic (exact) mass is 361 g/mol. The summed E-state index contributed by atoms with van der Waals surface area (Å²) in [7, 11) is 0.233. The number of aromatic amines is 1. The molecule has 3 rings (SSSR count). The minimum atomic E-state index is -1.06. The van der Waals surface area contributed by atoms with E-state index in [2.05, 4.69) is 20.0 Å².